The van der Waals surface area contributed by atoms with Crippen LogP contribution in [0.25, 0.3) is 0 Å². The van der Waals surface area contributed by atoms with Crippen LogP contribution in [0.5, 0.6) is 0 Å². The van der Waals surface area contributed by atoms with Crippen LogP contribution >= 0.6 is 24.8 Å². The van der Waals surface area contributed by atoms with Crippen LogP contribution < -0.4 is 10.2 Å². The average molecular weight is 377 g/mol. The van der Waals surface area contributed by atoms with Gasteiger partial charge in [0.15, 0.2) is 5.82 Å². The molecular formula is C15H26Cl2N6O. The van der Waals surface area contributed by atoms with Crippen LogP contribution in [-0.4, -0.2) is 84.8 Å². The summed E-state index contributed by atoms with van der Waals surface area (Å²) < 4.78 is 0. The Hall–Kier alpha value is -1.15. The average Bonchev–Trinajstić information content (AvgIpc) is 2.61. The SMILES string of the molecule is Cl.Cl.O=C(CCN1CCN(c2cccnn2)CC1)N1CCNCC1. The number of carbonyl (C=O) groups excluding carboxylic acids is 1. The summed E-state index contributed by atoms with van der Waals surface area (Å²) >= 11 is 0. The second kappa shape index (κ2) is 10.7. The van der Waals surface area contributed by atoms with Gasteiger partial charge in [-0.05, 0) is 12.1 Å². The quantitative estimate of drug-likeness (QED) is 0.813. The van der Waals surface area contributed by atoms with E-state index < -0.39 is 0 Å². The molecule has 0 spiro atoms. The van der Waals surface area contributed by atoms with Crippen LogP contribution in [0.2, 0.25) is 0 Å². The number of hydrogen-bond donors (Lipinski definition) is 1. The second-order valence-electron chi connectivity index (χ2n) is 5.79. The molecule has 3 rings (SSSR count). The summed E-state index contributed by atoms with van der Waals surface area (Å²) in [5, 5.41) is 11.4. The maximum Gasteiger partial charge on any atom is 0.223 e. The topological polar surface area (TPSA) is 64.6 Å². The number of piperazine rings is 2. The Labute approximate surface area is 155 Å². The molecule has 0 saturated carbocycles. The van der Waals surface area contributed by atoms with Crippen LogP contribution in [0, 0.1) is 0 Å². The number of nitrogens with zero attached hydrogens (tertiary/aromatic N) is 5. The summed E-state index contributed by atoms with van der Waals surface area (Å²) in [6, 6.07) is 3.91. The molecule has 0 bridgehead atoms. The van der Waals surface area contributed by atoms with E-state index in [1.807, 2.05) is 17.0 Å². The van der Waals surface area contributed by atoms with Gasteiger partial charge < -0.3 is 15.1 Å². The summed E-state index contributed by atoms with van der Waals surface area (Å²) in [7, 11) is 0. The zero-order valence-corrected chi connectivity index (χ0v) is 15.4. The third kappa shape index (κ3) is 5.73. The van der Waals surface area contributed by atoms with Crippen LogP contribution in [-0.2, 0) is 4.79 Å². The molecule has 3 heterocycles. The lowest BCUT2D eigenvalue weighted by molar-refractivity contribution is -0.132. The standard InChI is InChI=1S/C15H24N6O.2ClH/c22-15(21-8-5-16-6-9-21)3-7-19-10-12-20(13-11-19)14-2-1-4-17-18-14;;/h1-2,4,16H,3,5-13H2;2*1H. The zero-order chi connectivity index (χ0) is 15.2. The molecule has 136 valence electrons. The summed E-state index contributed by atoms with van der Waals surface area (Å²) in [6.45, 7) is 8.23. The number of halogens is 2. The minimum atomic E-state index is 0. The lowest BCUT2D eigenvalue weighted by Crippen LogP contribution is -2.49. The molecule has 0 aliphatic carbocycles. The van der Waals surface area contributed by atoms with Crippen molar-refractivity contribution in [3.05, 3.63) is 18.3 Å². The van der Waals surface area contributed by atoms with Crippen LogP contribution in [0.3, 0.4) is 0 Å². The molecule has 0 radical (unpaired) electrons. The van der Waals surface area contributed by atoms with E-state index in [1.165, 1.54) is 0 Å². The highest BCUT2D eigenvalue weighted by Gasteiger charge is 2.20. The van der Waals surface area contributed by atoms with Crippen molar-refractivity contribution in [1.29, 1.82) is 0 Å². The summed E-state index contributed by atoms with van der Waals surface area (Å²) in [5.74, 6) is 1.23. The van der Waals surface area contributed by atoms with E-state index in [1.54, 1.807) is 6.20 Å². The second-order valence-corrected chi connectivity index (χ2v) is 5.79. The Balaban J connectivity index is 0.00000144. The molecule has 1 N–H and O–H groups in total. The van der Waals surface area contributed by atoms with Gasteiger partial charge in [-0.2, -0.15) is 5.10 Å². The van der Waals surface area contributed by atoms with Crippen molar-refractivity contribution in [2.24, 2.45) is 0 Å². The number of carbonyl (C=O) groups is 1. The van der Waals surface area contributed by atoms with E-state index in [4.69, 9.17) is 0 Å². The molecule has 2 saturated heterocycles. The van der Waals surface area contributed by atoms with Crippen molar-refractivity contribution < 1.29 is 4.79 Å². The van der Waals surface area contributed by atoms with E-state index in [-0.39, 0.29) is 30.7 Å². The van der Waals surface area contributed by atoms with Crippen LogP contribution in [0.15, 0.2) is 18.3 Å². The molecule has 7 nitrogen and oxygen atoms in total. The first-order valence-electron chi connectivity index (χ1n) is 8.06. The minimum absolute atomic E-state index is 0. The maximum absolute atomic E-state index is 12.2. The Morgan fingerprint density at radius 2 is 1.79 bits per heavy atom. The first kappa shape index (κ1) is 20.9. The number of nitrogens with one attached hydrogen (secondary N) is 1. The summed E-state index contributed by atoms with van der Waals surface area (Å²) in [5.41, 5.74) is 0. The van der Waals surface area contributed by atoms with Crippen LogP contribution in [0.4, 0.5) is 5.82 Å². The van der Waals surface area contributed by atoms with Crippen LogP contribution in [0.1, 0.15) is 6.42 Å². The van der Waals surface area contributed by atoms with Gasteiger partial charge in [0, 0.05) is 71.5 Å². The van der Waals surface area contributed by atoms with Crippen molar-refractivity contribution in [3.8, 4) is 0 Å². The fourth-order valence-electron chi connectivity index (χ4n) is 2.99. The molecular weight excluding hydrogens is 351 g/mol. The van der Waals surface area contributed by atoms with Crippen molar-refractivity contribution in [3.63, 3.8) is 0 Å². The van der Waals surface area contributed by atoms with Gasteiger partial charge in [0.25, 0.3) is 0 Å². The summed E-state index contributed by atoms with van der Waals surface area (Å²) in [4.78, 5) is 18.8. The van der Waals surface area contributed by atoms with Crippen molar-refractivity contribution in [1.82, 2.24) is 25.3 Å². The van der Waals surface area contributed by atoms with Gasteiger partial charge in [0.05, 0.1) is 0 Å². The third-order valence-electron chi connectivity index (χ3n) is 4.37. The normalized spacial score (nSPS) is 18.5. The Bertz CT molecular complexity index is 478. The monoisotopic (exact) mass is 376 g/mol. The lowest BCUT2D eigenvalue weighted by atomic mass is 10.2. The fourth-order valence-corrected chi connectivity index (χ4v) is 2.99. The smallest absolute Gasteiger partial charge is 0.223 e. The molecule has 24 heavy (non-hydrogen) atoms. The molecule has 0 aromatic carbocycles. The number of anilines is 1. The largest absolute Gasteiger partial charge is 0.353 e. The third-order valence-corrected chi connectivity index (χ3v) is 4.37. The highest BCUT2D eigenvalue weighted by molar-refractivity contribution is 5.85. The van der Waals surface area contributed by atoms with Gasteiger partial charge in [0.1, 0.15) is 0 Å². The predicted octanol–water partition coefficient (Wildman–Crippen LogP) is 0.264. The summed E-state index contributed by atoms with van der Waals surface area (Å²) in [6.07, 6.45) is 2.33. The number of aromatic nitrogens is 2. The van der Waals surface area contributed by atoms with E-state index >= 15 is 0 Å². The zero-order valence-electron chi connectivity index (χ0n) is 13.8. The number of hydrogen-bond acceptors (Lipinski definition) is 6. The molecule has 9 heteroatoms. The van der Waals surface area contributed by atoms with E-state index in [9.17, 15) is 4.79 Å². The highest BCUT2D eigenvalue weighted by Crippen LogP contribution is 2.12. The molecule has 1 aromatic heterocycles. The highest BCUT2D eigenvalue weighted by atomic mass is 35.5. The van der Waals surface area contributed by atoms with E-state index in [0.29, 0.717) is 6.42 Å². The molecule has 1 aromatic rings. The van der Waals surface area contributed by atoms with Gasteiger partial charge in [-0.15, -0.1) is 29.9 Å². The molecule has 1 amide bonds. The Kier molecular flexibility index (Phi) is 9.28. The first-order valence-corrected chi connectivity index (χ1v) is 8.06. The predicted molar refractivity (Wildman–Crippen MR) is 99.2 cm³/mol. The van der Waals surface area contributed by atoms with E-state index in [2.05, 4.69) is 25.3 Å². The van der Waals surface area contributed by atoms with Gasteiger partial charge >= 0.3 is 0 Å². The first-order chi connectivity index (χ1) is 10.8. The molecule has 0 unspecified atom stereocenters. The molecule has 0 atom stereocenters. The minimum Gasteiger partial charge on any atom is -0.353 e. The Morgan fingerprint density at radius 1 is 1.08 bits per heavy atom. The molecule has 2 aliphatic rings. The van der Waals surface area contributed by atoms with Gasteiger partial charge in [-0.3, -0.25) is 9.69 Å². The van der Waals surface area contributed by atoms with Gasteiger partial charge in [0.2, 0.25) is 5.91 Å². The van der Waals surface area contributed by atoms with Gasteiger partial charge in [-0.1, -0.05) is 0 Å². The maximum atomic E-state index is 12.2. The lowest BCUT2D eigenvalue weighted by Gasteiger charge is -2.35. The number of rotatable bonds is 4. The van der Waals surface area contributed by atoms with E-state index in [0.717, 1.165) is 64.7 Å². The van der Waals surface area contributed by atoms with Crippen molar-refractivity contribution in [2.75, 3.05) is 63.8 Å². The molecule has 2 fully saturated rings. The van der Waals surface area contributed by atoms with Gasteiger partial charge in [-0.25, -0.2) is 0 Å². The number of amides is 1. The molecule has 2 aliphatic heterocycles. The fraction of sp³-hybridized carbons (Fsp3) is 0.667. The van der Waals surface area contributed by atoms with Crippen molar-refractivity contribution >= 4 is 36.5 Å². The van der Waals surface area contributed by atoms with Crippen molar-refractivity contribution in [2.45, 2.75) is 6.42 Å². The Morgan fingerprint density at radius 3 is 2.42 bits per heavy atom.